The predicted molar refractivity (Wildman–Crippen MR) is 76.2 cm³/mol. The van der Waals surface area contributed by atoms with E-state index in [2.05, 4.69) is 10.3 Å². The predicted octanol–water partition coefficient (Wildman–Crippen LogP) is 1.85. The van der Waals surface area contributed by atoms with Gasteiger partial charge in [0.2, 0.25) is 0 Å². The van der Waals surface area contributed by atoms with Crippen LogP contribution in [0.5, 0.6) is 0 Å². The number of amides is 1. The van der Waals surface area contributed by atoms with Crippen LogP contribution in [0.25, 0.3) is 10.9 Å². The minimum absolute atomic E-state index is 0.154. The van der Waals surface area contributed by atoms with E-state index in [9.17, 15) is 4.79 Å². The van der Waals surface area contributed by atoms with Gasteiger partial charge < -0.3 is 15.2 Å². The second-order valence-corrected chi connectivity index (χ2v) is 5.24. The third-order valence-electron chi connectivity index (χ3n) is 3.87. The number of aromatic amines is 1. The lowest BCUT2D eigenvalue weighted by atomic mass is 10.1. The zero-order valence-electron chi connectivity index (χ0n) is 11.1. The first-order chi connectivity index (χ1) is 9.28. The molecule has 1 fully saturated rings. The highest BCUT2D eigenvalue weighted by molar-refractivity contribution is 5.98. The number of H-pyrrole nitrogens is 1. The monoisotopic (exact) mass is 257 g/mol. The average molecular weight is 257 g/mol. The van der Waals surface area contributed by atoms with E-state index in [0.29, 0.717) is 5.92 Å². The first kappa shape index (κ1) is 12.2. The van der Waals surface area contributed by atoms with Gasteiger partial charge in [-0.15, -0.1) is 0 Å². The van der Waals surface area contributed by atoms with Gasteiger partial charge in [0.25, 0.3) is 5.91 Å². The smallest absolute Gasteiger partial charge is 0.253 e. The summed E-state index contributed by atoms with van der Waals surface area (Å²) in [5.74, 6) is 0.742. The standard InChI is InChI=1S/C15H19N3O/c1-16-9-11-5-7-18(10-11)15(19)13-2-3-14-12(8-13)4-6-17-14/h2-4,6,8,11,16-17H,5,7,9-10H2,1H3. The molecule has 4 nitrogen and oxygen atoms in total. The van der Waals surface area contributed by atoms with Crippen LogP contribution in [0.2, 0.25) is 0 Å². The minimum Gasteiger partial charge on any atom is -0.361 e. The average Bonchev–Trinajstić information content (AvgIpc) is 3.05. The molecule has 2 N–H and O–H groups in total. The quantitative estimate of drug-likeness (QED) is 0.881. The summed E-state index contributed by atoms with van der Waals surface area (Å²) in [6.45, 7) is 2.72. The molecule has 2 heterocycles. The van der Waals surface area contributed by atoms with Gasteiger partial charge in [0.15, 0.2) is 0 Å². The topological polar surface area (TPSA) is 48.1 Å². The zero-order chi connectivity index (χ0) is 13.2. The van der Waals surface area contributed by atoms with Crippen LogP contribution in [-0.4, -0.2) is 42.5 Å². The van der Waals surface area contributed by atoms with Crippen molar-refractivity contribution < 1.29 is 4.79 Å². The molecule has 1 unspecified atom stereocenters. The largest absolute Gasteiger partial charge is 0.361 e. The highest BCUT2D eigenvalue weighted by Gasteiger charge is 2.26. The van der Waals surface area contributed by atoms with Crippen molar-refractivity contribution >= 4 is 16.8 Å². The van der Waals surface area contributed by atoms with Gasteiger partial charge in [-0.05, 0) is 50.2 Å². The number of rotatable bonds is 3. The fourth-order valence-electron chi connectivity index (χ4n) is 2.84. The Morgan fingerprint density at radius 3 is 3.21 bits per heavy atom. The Morgan fingerprint density at radius 2 is 2.37 bits per heavy atom. The number of carbonyl (C=O) groups is 1. The molecule has 4 heteroatoms. The summed E-state index contributed by atoms with van der Waals surface area (Å²) >= 11 is 0. The Labute approximate surface area is 112 Å². The lowest BCUT2D eigenvalue weighted by molar-refractivity contribution is 0.0787. The van der Waals surface area contributed by atoms with E-state index < -0.39 is 0 Å². The number of benzene rings is 1. The molecule has 19 heavy (non-hydrogen) atoms. The van der Waals surface area contributed by atoms with Gasteiger partial charge in [-0.2, -0.15) is 0 Å². The highest BCUT2D eigenvalue weighted by Crippen LogP contribution is 2.20. The summed E-state index contributed by atoms with van der Waals surface area (Å²) in [6.07, 6.45) is 3.00. The van der Waals surface area contributed by atoms with Gasteiger partial charge in [0, 0.05) is 35.8 Å². The third-order valence-corrected chi connectivity index (χ3v) is 3.87. The molecule has 1 amide bonds. The number of hydrogen-bond donors (Lipinski definition) is 2. The Bertz CT molecular complexity index is 590. The molecule has 1 atom stereocenters. The Morgan fingerprint density at radius 1 is 1.47 bits per heavy atom. The van der Waals surface area contributed by atoms with Crippen LogP contribution in [0.1, 0.15) is 16.8 Å². The molecule has 0 bridgehead atoms. The summed E-state index contributed by atoms with van der Waals surface area (Å²) in [5, 5.41) is 4.28. The van der Waals surface area contributed by atoms with Crippen molar-refractivity contribution in [3.63, 3.8) is 0 Å². The van der Waals surface area contributed by atoms with Gasteiger partial charge in [-0.3, -0.25) is 4.79 Å². The molecular weight excluding hydrogens is 238 g/mol. The molecule has 2 aromatic rings. The number of aromatic nitrogens is 1. The van der Waals surface area contributed by atoms with E-state index in [-0.39, 0.29) is 5.91 Å². The fourth-order valence-corrected chi connectivity index (χ4v) is 2.84. The van der Waals surface area contributed by atoms with Crippen LogP contribution in [-0.2, 0) is 0 Å². The number of nitrogens with zero attached hydrogens (tertiary/aromatic N) is 1. The summed E-state index contributed by atoms with van der Waals surface area (Å²) in [5.41, 5.74) is 1.86. The lowest BCUT2D eigenvalue weighted by Gasteiger charge is -2.16. The zero-order valence-corrected chi connectivity index (χ0v) is 11.1. The number of carbonyl (C=O) groups excluding carboxylic acids is 1. The molecule has 0 saturated carbocycles. The molecule has 3 rings (SSSR count). The van der Waals surface area contributed by atoms with E-state index in [1.54, 1.807) is 0 Å². The van der Waals surface area contributed by atoms with E-state index >= 15 is 0 Å². The van der Waals surface area contributed by atoms with Crippen molar-refractivity contribution in [3.05, 3.63) is 36.0 Å². The maximum absolute atomic E-state index is 12.5. The lowest BCUT2D eigenvalue weighted by Crippen LogP contribution is -2.30. The van der Waals surface area contributed by atoms with Gasteiger partial charge in [-0.1, -0.05) is 0 Å². The van der Waals surface area contributed by atoms with Crippen LogP contribution < -0.4 is 5.32 Å². The Balaban J connectivity index is 1.76. The van der Waals surface area contributed by atoms with Crippen molar-refractivity contribution in [2.45, 2.75) is 6.42 Å². The van der Waals surface area contributed by atoms with Gasteiger partial charge in [0.1, 0.15) is 0 Å². The highest BCUT2D eigenvalue weighted by atomic mass is 16.2. The molecule has 1 aromatic heterocycles. The number of hydrogen-bond acceptors (Lipinski definition) is 2. The van der Waals surface area contributed by atoms with Crippen molar-refractivity contribution in [3.8, 4) is 0 Å². The molecule has 0 spiro atoms. The molecule has 0 aliphatic carbocycles. The summed E-state index contributed by atoms with van der Waals surface area (Å²) in [7, 11) is 1.96. The van der Waals surface area contributed by atoms with Crippen molar-refractivity contribution in [1.82, 2.24) is 15.2 Å². The molecular formula is C15H19N3O. The first-order valence-electron chi connectivity index (χ1n) is 6.79. The molecule has 1 saturated heterocycles. The maximum Gasteiger partial charge on any atom is 0.253 e. The van der Waals surface area contributed by atoms with E-state index in [1.807, 2.05) is 42.4 Å². The summed E-state index contributed by atoms with van der Waals surface area (Å²) in [6, 6.07) is 7.86. The Kier molecular flexibility index (Phi) is 3.25. The normalized spacial score (nSPS) is 19.2. The molecule has 100 valence electrons. The van der Waals surface area contributed by atoms with Crippen LogP contribution in [0, 0.1) is 5.92 Å². The van der Waals surface area contributed by atoms with Crippen molar-refractivity contribution in [2.75, 3.05) is 26.7 Å². The first-order valence-corrected chi connectivity index (χ1v) is 6.79. The van der Waals surface area contributed by atoms with Crippen molar-refractivity contribution in [1.29, 1.82) is 0 Å². The summed E-state index contributed by atoms with van der Waals surface area (Å²) < 4.78 is 0. The van der Waals surface area contributed by atoms with Crippen molar-refractivity contribution in [2.24, 2.45) is 5.92 Å². The number of nitrogens with one attached hydrogen (secondary N) is 2. The van der Waals surface area contributed by atoms with E-state index in [0.717, 1.165) is 42.5 Å². The molecule has 1 aliphatic heterocycles. The summed E-state index contributed by atoms with van der Waals surface area (Å²) in [4.78, 5) is 17.6. The third kappa shape index (κ3) is 2.36. The van der Waals surface area contributed by atoms with E-state index in [4.69, 9.17) is 0 Å². The van der Waals surface area contributed by atoms with Crippen LogP contribution >= 0.6 is 0 Å². The second-order valence-electron chi connectivity index (χ2n) is 5.24. The van der Waals surface area contributed by atoms with Gasteiger partial charge in [0.05, 0.1) is 0 Å². The SMILES string of the molecule is CNCC1CCN(C(=O)c2ccc3[nH]ccc3c2)C1. The van der Waals surface area contributed by atoms with E-state index in [1.165, 1.54) is 0 Å². The molecule has 0 radical (unpaired) electrons. The second kappa shape index (κ2) is 5.05. The maximum atomic E-state index is 12.5. The van der Waals surface area contributed by atoms with Gasteiger partial charge >= 0.3 is 0 Å². The number of fused-ring (bicyclic) bond motifs is 1. The van der Waals surface area contributed by atoms with Crippen LogP contribution in [0.15, 0.2) is 30.5 Å². The minimum atomic E-state index is 0.154. The Hall–Kier alpha value is -1.81. The fraction of sp³-hybridized carbons (Fsp3) is 0.400. The number of likely N-dealkylation sites (tertiary alicyclic amines) is 1. The molecule has 1 aliphatic rings. The van der Waals surface area contributed by atoms with Crippen LogP contribution in [0.4, 0.5) is 0 Å². The van der Waals surface area contributed by atoms with Crippen LogP contribution in [0.3, 0.4) is 0 Å². The van der Waals surface area contributed by atoms with Gasteiger partial charge in [-0.25, -0.2) is 0 Å². The molecule has 1 aromatic carbocycles.